The summed E-state index contributed by atoms with van der Waals surface area (Å²) in [4.78, 5) is 0. The van der Waals surface area contributed by atoms with Gasteiger partial charge in [-0.05, 0) is 5.56 Å². The van der Waals surface area contributed by atoms with Gasteiger partial charge in [0.2, 0.25) is 0 Å². The molecule has 3 nitrogen and oxygen atoms in total. The third-order valence-electron chi connectivity index (χ3n) is 1.40. The van der Waals surface area contributed by atoms with Gasteiger partial charge in [0.1, 0.15) is 5.75 Å². The first kappa shape index (κ1) is 13.7. The van der Waals surface area contributed by atoms with Gasteiger partial charge in [-0.25, -0.2) is 0 Å². The second kappa shape index (κ2) is 6.24. The minimum absolute atomic E-state index is 0. The number of hydrogen-bond acceptors (Lipinski definition) is 3. The summed E-state index contributed by atoms with van der Waals surface area (Å²) in [7, 11) is -3.50. The first-order chi connectivity index (χ1) is 6.14. The van der Waals surface area contributed by atoms with E-state index in [1.54, 1.807) is 24.3 Å². The molecule has 0 aliphatic carbocycles. The molecule has 0 amide bonds. The molecule has 5 heteroatoms. The molecule has 0 aliphatic heterocycles. The summed E-state index contributed by atoms with van der Waals surface area (Å²) in [5, 5.41) is 0. The molecule has 71 valence electrons. The summed E-state index contributed by atoms with van der Waals surface area (Å²) in [5.74, 6) is -0.125. The van der Waals surface area contributed by atoms with E-state index in [2.05, 4.69) is 10.8 Å². The third-order valence-corrected chi connectivity index (χ3v) is 2.52. The van der Waals surface area contributed by atoms with Crippen LogP contribution in [0.5, 0.6) is 0 Å². The minimum atomic E-state index is -3.50. The Labute approximate surface area is 106 Å². The van der Waals surface area contributed by atoms with Crippen LogP contribution in [-0.4, -0.2) is 38.0 Å². The normalized spacial score (nSPS) is 10.0. The first-order valence-corrected chi connectivity index (χ1v) is 5.27. The Morgan fingerprint density at radius 2 is 1.86 bits per heavy atom. The van der Waals surface area contributed by atoms with Gasteiger partial charge in [-0.2, -0.15) is 8.42 Å². The second-order valence-electron chi connectivity index (χ2n) is 2.45. The van der Waals surface area contributed by atoms with Crippen molar-refractivity contribution in [2.75, 3.05) is 0 Å². The fourth-order valence-corrected chi connectivity index (χ4v) is 1.79. The molecule has 0 saturated heterocycles. The average molecular weight is 221 g/mol. The Bertz CT molecular complexity index is 372. The van der Waals surface area contributed by atoms with Crippen molar-refractivity contribution >= 4 is 39.7 Å². The Kier molecular flexibility index (Phi) is 6.11. The summed E-state index contributed by atoms with van der Waals surface area (Å²) in [5.41, 5.74) is 0.698. The van der Waals surface area contributed by atoms with E-state index in [0.29, 0.717) is 5.56 Å². The van der Waals surface area contributed by atoms with Crippen LogP contribution in [0.25, 0.3) is 0 Å². The zero-order chi connectivity index (χ0) is 9.73. The molecule has 1 rings (SSSR count). The number of rotatable bonds is 4. The van der Waals surface area contributed by atoms with E-state index in [4.69, 9.17) is 0 Å². The van der Waals surface area contributed by atoms with Crippen molar-refractivity contribution in [1.29, 1.82) is 0 Å². The molecule has 0 heterocycles. The van der Waals surface area contributed by atoms with Crippen molar-refractivity contribution in [3.8, 4) is 0 Å². The first-order valence-electron chi connectivity index (χ1n) is 3.70. The molecule has 0 spiro atoms. The van der Waals surface area contributed by atoms with Crippen molar-refractivity contribution in [2.24, 2.45) is 0 Å². The molecule has 14 heavy (non-hydrogen) atoms. The van der Waals surface area contributed by atoms with Gasteiger partial charge in [0.25, 0.3) is 0 Å². The quantitative estimate of drug-likeness (QED) is 0.437. The van der Waals surface area contributed by atoms with Gasteiger partial charge in [-0.15, -0.1) is 0 Å². The van der Waals surface area contributed by atoms with E-state index in [9.17, 15) is 8.42 Å². The molecule has 1 aromatic rings. The summed E-state index contributed by atoms with van der Waals surface area (Å²) >= 11 is 0. The van der Waals surface area contributed by atoms with Crippen molar-refractivity contribution < 1.29 is 12.6 Å². The molecule has 0 aromatic heterocycles. The predicted molar refractivity (Wildman–Crippen MR) is 56.1 cm³/mol. The van der Waals surface area contributed by atoms with Crippen molar-refractivity contribution in [1.82, 2.24) is 0 Å². The van der Waals surface area contributed by atoms with Gasteiger partial charge >= 0.3 is 10.1 Å². The molecule has 0 bridgehead atoms. The summed E-state index contributed by atoms with van der Waals surface area (Å²) < 4.78 is 26.6. The van der Waals surface area contributed by atoms with Crippen LogP contribution in [0.1, 0.15) is 5.56 Å². The molecule has 0 atom stereocenters. The van der Waals surface area contributed by atoms with Crippen molar-refractivity contribution in [3.63, 3.8) is 0 Å². The molecule has 0 fully saturated rings. The van der Waals surface area contributed by atoms with E-state index in [0.717, 1.165) is 6.26 Å². The largest absolute Gasteiger partial charge is 0.391 e. The fraction of sp³-hybridized carbons (Fsp3) is 0.111. The van der Waals surface area contributed by atoms with Crippen LogP contribution in [0, 0.1) is 0 Å². The number of hydrogen-bond donors (Lipinski definition) is 0. The Morgan fingerprint density at radius 3 is 2.36 bits per heavy atom. The fourth-order valence-electron chi connectivity index (χ4n) is 0.916. The second-order valence-corrected chi connectivity index (χ2v) is 4.05. The van der Waals surface area contributed by atoms with Crippen LogP contribution in [-0.2, 0) is 20.1 Å². The van der Waals surface area contributed by atoms with E-state index >= 15 is 0 Å². The molecule has 0 aliphatic rings. The zero-order valence-electron chi connectivity index (χ0n) is 8.01. The van der Waals surface area contributed by atoms with Gasteiger partial charge in [0.05, 0.1) is 6.26 Å². The standard InChI is InChI=1S/C9H10O3S.Na/c1-2-12-13(10,11)8-9-6-4-3-5-7-9;/h2-7H,1,8H2;. The van der Waals surface area contributed by atoms with Gasteiger partial charge < -0.3 is 4.18 Å². The maximum Gasteiger partial charge on any atom is 0.312 e. The van der Waals surface area contributed by atoms with Gasteiger partial charge in [0, 0.05) is 29.6 Å². The maximum absolute atomic E-state index is 11.1. The molecule has 1 aromatic carbocycles. The third kappa shape index (κ3) is 4.81. The molecule has 0 unspecified atom stereocenters. The SMILES string of the molecule is C=COS(=O)(=O)Cc1ccccc1.[Na]. The van der Waals surface area contributed by atoms with Crippen LogP contribution in [0.15, 0.2) is 43.2 Å². The van der Waals surface area contributed by atoms with Crippen molar-refractivity contribution in [3.05, 3.63) is 48.7 Å². The minimum Gasteiger partial charge on any atom is -0.391 e. The summed E-state index contributed by atoms with van der Waals surface area (Å²) in [6, 6.07) is 8.83. The average Bonchev–Trinajstić information content (AvgIpc) is 2.04. The zero-order valence-corrected chi connectivity index (χ0v) is 10.8. The molecular formula is C9H10NaO3S. The monoisotopic (exact) mass is 221 g/mol. The maximum atomic E-state index is 11.1. The van der Waals surface area contributed by atoms with Crippen LogP contribution >= 0.6 is 0 Å². The topological polar surface area (TPSA) is 43.4 Å². The van der Waals surface area contributed by atoms with E-state index < -0.39 is 10.1 Å². The van der Waals surface area contributed by atoms with Crippen LogP contribution < -0.4 is 0 Å². The van der Waals surface area contributed by atoms with E-state index in [1.165, 1.54) is 0 Å². The summed E-state index contributed by atoms with van der Waals surface area (Å²) in [6.45, 7) is 3.19. The molecule has 0 saturated carbocycles. The molecule has 0 N–H and O–H groups in total. The van der Waals surface area contributed by atoms with Crippen LogP contribution in [0.4, 0.5) is 0 Å². The van der Waals surface area contributed by atoms with Crippen LogP contribution in [0.2, 0.25) is 0 Å². The van der Waals surface area contributed by atoms with E-state index in [1.807, 2.05) is 6.07 Å². The Hall–Kier alpha value is -0.290. The summed E-state index contributed by atoms with van der Waals surface area (Å²) in [6.07, 6.45) is 0.915. The number of benzene rings is 1. The molecular weight excluding hydrogens is 211 g/mol. The smallest absolute Gasteiger partial charge is 0.312 e. The van der Waals surface area contributed by atoms with Gasteiger partial charge in [-0.1, -0.05) is 36.9 Å². The predicted octanol–water partition coefficient (Wildman–Crippen LogP) is 1.30. The van der Waals surface area contributed by atoms with Crippen molar-refractivity contribution in [2.45, 2.75) is 5.75 Å². The van der Waals surface area contributed by atoms with Crippen LogP contribution in [0.3, 0.4) is 0 Å². The molecule has 1 radical (unpaired) electrons. The van der Waals surface area contributed by atoms with Gasteiger partial charge in [0.15, 0.2) is 0 Å². The van der Waals surface area contributed by atoms with Gasteiger partial charge in [-0.3, -0.25) is 0 Å². The Morgan fingerprint density at radius 1 is 1.29 bits per heavy atom. The van der Waals surface area contributed by atoms with E-state index in [-0.39, 0.29) is 35.3 Å². The Balaban J connectivity index is 0.00000169.